The number of carbonyl (C=O) groups excluding carboxylic acids is 2. The zero-order valence-corrected chi connectivity index (χ0v) is 13.7. The molecule has 2 N–H and O–H groups in total. The molecule has 1 aliphatic carbocycles. The van der Waals surface area contributed by atoms with Crippen molar-refractivity contribution in [3.05, 3.63) is 23.8 Å². The molecule has 0 aromatic heterocycles. The Bertz CT molecular complexity index is 568. The first kappa shape index (κ1) is 17.1. The molecular formula is C17H24N2O4. The minimum absolute atomic E-state index is 0.136. The molecule has 0 radical (unpaired) electrons. The zero-order valence-electron chi connectivity index (χ0n) is 13.7. The number of hydrogen-bond donors (Lipinski definition) is 1. The lowest BCUT2D eigenvalue weighted by molar-refractivity contribution is -0.118. The van der Waals surface area contributed by atoms with Gasteiger partial charge in [-0.3, -0.25) is 9.59 Å². The van der Waals surface area contributed by atoms with E-state index in [1.807, 2.05) is 0 Å². The van der Waals surface area contributed by atoms with E-state index >= 15 is 0 Å². The molecule has 0 unspecified atom stereocenters. The fourth-order valence-corrected chi connectivity index (χ4v) is 2.67. The van der Waals surface area contributed by atoms with Crippen molar-refractivity contribution >= 4 is 11.8 Å². The summed E-state index contributed by atoms with van der Waals surface area (Å²) in [5, 5.41) is 0. The monoisotopic (exact) mass is 320 g/mol. The molecule has 6 heteroatoms. The second-order valence-electron chi connectivity index (χ2n) is 5.83. The summed E-state index contributed by atoms with van der Waals surface area (Å²) in [7, 11) is 3.23. The van der Waals surface area contributed by atoms with Gasteiger partial charge in [-0.1, -0.05) is 0 Å². The maximum absolute atomic E-state index is 12.6. The molecule has 0 atom stereocenters. The van der Waals surface area contributed by atoms with Crippen LogP contribution in [0.15, 0.2) is 18.2 Å². The third-order valence-corrected chi connectivity index (χ3v) is 4.06. The summed E-state index contributed by atoms with van der Waals surface area (Å²) >= 11 is 0. The van der Waals surface area contributed by atoms with Crippen molar-refractivity contribution in [2.45, 2.75) is 38.2 Å². The van der Waals surface area contributed by atoms with E-state index in [4.69, 9.17) is 15.2 Å². The predicted molar refractivity (Wildman–Crippen MR) is 86.6 cm³/mol. The summed E-state index contributed by atoms with van der Waals surface area (Å²) in [6, 6.07) is 5.18. The molecular weight excluding hydrogens is 296 g/mol. The predicted octanol–water partition coefficient (Wildman–Crippen LogP) is 1.96. The molecule has 2 rings (SSSR count). The van der Waals surface area contributed by atoms with Gasteiger partial charge in [0.15, 0.2) is 0 Å². The Morgan fingerprint density at radius 2 is 2.00 bits per heavy atom. The first-order chi connectivity index (χ1) is 11.0. The highest BCUT2D eigenvalue weighted by Crippen LogP contribution is 2.30. The topological polar surface area (TPSA) is 81.9 Å². The Balaban J connectivity index is 2.17. The van der Waals surface area contributed by atoms with Gasteiger partial charge in [-0.15, -0.1) is 0 Å². The summed E-state index contributed by atoms with van der Waals surface area (Å²) in [4.78, 5) is 25.0. The van der Waals surface area contributed by atoms with Gasteiger partial charge in [0.05, 0.1) is 18.8 Å². The number of primary amides is 1. The van der Waals surface area contributed by atoms with Crippen LogP contribution in [0, 0.1) is 0 Å². The molecule has 0 aliphatic heterocycles. The van der Waals surface area contributed by atoms with Crippen molar-refractivity contribution in [1.29, 1.82) is 0 Å². The summed E-state index contributed by atoms with van der Waals surface area (Å²) in [6.45, 7) is 0.281. The van der Waals surface area contributed by atoms with Crippen LogP contribution in [-0.2, 0) is 4.79 Å². The molecule has 1 aromatic carbocycles. The number of benzene rings is 1. The molecule has 2 amide bonds. The molecule has 1 aliphatic rings. The van der Waals surface area contributed by atoms with Crippen LogP contribution < -0.4 is 15.2 Å². The van der Waals surface area contributed by atoms with Gasteiger partial charge in [-0.25, -0.2) is 0 Å². The molecule has 1 aromatic rings. The van der Waals surface area contributed by atoms with Crippen LogP contribution in [-0.4, -0.2) is 43.5 Å². The minimum Gasteiger partial charge on any atom is -0.497 e. The van der Waals surface area contributed by atoms with Crippen LogP contribution in [0.1, 0.15) is 42.5 Å². The van der Waals surface area contributed by atoms with Gasteiger partial charge < -0.3 is 20.1 Å². The minimum atomic E-state index is -0.429. The van der Waals surface area contributed by atoms with Crippen molar-refractivity contribution < 1.29 is 19.1 Å². The van der Waals surface area contributed by atoms with Crippen LogP contribution in [0.25, 0.3) is 0 Å². The molecule has 23 heavy (non-hydrogen) atoms. The smallest absolute Gasteiger partial charge is 0.257 e. The molecule has 126 valence electrons. The maximum atomic E-state index is 12.6. The second-order valence-corrected chi connectivity index (χ2v) is 5.83. The normalized spacial score (nSPS) is 14.5. The van der Waals surface area contributed by atoms with Gasteiger partial charge in [0.2, 0.25) is 5.91 Å². The highest BCUT2D eigenvalue weighted by molar-refractivity contribution is 5.97. The summed E-state index contributed by atoms with van der Waals surface area (Å²) in [5.41, 5.74) is 5.61. The number of amides is 2. The SMILES string of the molecule is COc1ccc(C(=O)N(C)CCC(N)=O)c(OC2CCCC2)c1. The number of carbonyl (C=O) groups is 2. The highest BCUT2D eigenvalue weighted by Gasteiger charge is 2.22. The van der Waals surface area contributed by atoms with Crippen LogP contribution in [0.4, 0.5) is 0 Å². The molecule has 0 spiro atoms. The van der Waals surface area contributed by atoms with E-state index < -0.39 is 5.91 Å². The quantitative estimate of drug-likeness (QED) is 0.832. The van der Waals surface area contributed by atoms with Gasteiger partial charge in [0.25, 0.3) is 5.91 Å². The van der Waals surface area contributed by atoms with Crippen LogP contribution in [0.2, 0.25) is 0 Å². The van der Waals surface area contributed by atoms with Crippen molar-refractivity contribution in [2.24, 2.45) is 5.73 Å². The lowest BCUT2D eigenvalue weighted by Gasteiger charge is -2.21. The Morgan fingerprint density at radius 3 is 2.61 bits per heavy atom. The Kier molecular flexibility index (Phi) is 5.84. The number of rotatable bonds is 7. The van der Waals surface area contributed by atoms with Gasteiger partial charge in [-0.05, 0) is 37.8 Å². The Morgan fingerprint density at radius 1 is 1.30 bits per heavy atom. The largest absolute Gasteiger partial charge is 0.497 e. The van der Waals surface area contributed by atoms with Crippen LogP contribution >= 0.6 is 0 Å². The summed E-state index contributed by atoms with van der Waals surface area (Å²) in [6.07, 6.45) is 4.58. The molecule has 0 heterocycles. The average molecular weight is 320 g/mol. The van der Waals surface area contributed by atoms with Crippen LogP contribution in [0.3, 0.4) is 0 Å². The lowest BCUT2D eigenvalue weighted by Crippen LogP contribution is -2.31. The third-order valence-electron chi connectivity index (χ3n) is 4.06. The van der Waals surface area contributed by atoms with Crippen molar-refractivity contribution in [2.75, 3.05) is 20.7 Å². The number of hydrogen-bond acceptors (Lipinski definition) is 4. The molecule has 6 nitrogen and oxygen atoms in total. The second kappa shape index (κ2) is 7.85. The fourth-order valence-electron chi connectivity index (χ4n) is 2.67. The van der Waals surface area contributed by atoms with E-state index in [0.717, 1.165) is 25.7 Å². The van der Waals surface area contributed by atoms with Crippen molar-refractivity contribution in [3.63, 3.8) is 0 Å². The van der Waals surface area contributed by atoms with Gasteiger partial charge in [0.1, 0.15) is 11.5 Å². The number of ether oxygens (including phenoxy) is 2. The number of methoxy groups -OCH3 is 1. The van der Waals surface area contributed by atoms with Gasteiger partial charge in [0, 0.05) is 26.1 Å². The fraction of sp³-hybridized carbons (Fsp3) is 0.529. The Hall–Kier alpha value is -2.24. The molecule has 1 saturated carbocycles. The number of nitrogens with two attached hydrogens (primary N) is 1. The van der Waals surface area contributed by atoms with E-state index in [1.54, 1.807) is 32.4 Å². The average Bonchev–Trinajstić information content (AvgIpc) is 3.04. The standard InChI is InChI=1S/C17H24N2O4/c1-19(10-9-16(18)20)17(21)14-8-7-13(22-2)11-15(14)23-12-5-3-4-6-12/h7-8,11-12H,3-6,9-10H2,1-2H3,(H2,18,20). The van der Waals surface area contributed by atoms with E-state index in [-0.39, 0.29) is 25.0 Å². The maximum Gasteiger partial charge on any atom is 0.257 e. The van der Waals surface area contributed by atoms with E-state index in [0.29, 0.717) is 17.1 Å². The van der Waals surface area contributed by atoms with E-state index in [2.05, 4.69) is 0 Å². The van der Waals surface area contributed by atoms with Crippen molar-refractivity contribution in [3.8, 4) is 11.5 Å². The molecule has 0 bridgehead atoms. The summed E-state index contributed by atoms with van der Waals surface area (Å²) in [5.74, 6) is 0.560. The molecule has 0 saturated heterocycles. The first-order valence-corrected chi connectivity index (χ1v) is 7.89. The van der Waals surface area contributed by atoms with Crippen LogP contribution in [0.5, 0.6) is 11.5 Å². The van der Waals surface area contributed by atoms with E-state index in [1.165, 1.54) is 4.90 Å². The van der Waals surface area contributed by atoms with Gasteiger partial charge >= 0.3 is 0 Å². The molecule has 1 fully saturated rings. The Labute approximate surface area is 136 Å². The zero-order chi connectivity index (χ0) is 16.8. The summed E-state index contributed by atoms with van der Waals surface area (Å²) < 4.78 is 11.3. The number of nitrogens with zero attached hydrogens (tertiary/aromatic N) is 1. The van der Waals surface area contributed by atoms with E-state index in [9.17, 15) is 9.59 Å². The lowest BCUT2D eigenvalue weighted by atomic mass is 10.1. The first-order valence-electron chi connectivity index (χ1n) is 7.89. The van der Waals surface area contributed by atoms with Gasteiger partial charge in [-0.2, -0.15) is 0 Å². The highest BCUT2D eigenvalue weighted by atomic mass is 16.5. The third kappa shape index (κ3) is 4.61. The van der Waals surface area contributed by atoms with Crippen molar-refractivity contribution in [1.82, 2.24) is 4.90 Å².